The zero-order valence-corrected chi connectivity index (χ0v) is 18.9. The van der Waals surface area contributed by atoms with Crippen molar-refractivity contribution < 1.29 is 27.1 Å². The number of ether oxygens (including phenoxy) is 2. The van der Waals surface area contributed by atoms with Crippen LogP contribution >= 0.6 is 0 Å². The molecule has 3 aromatic carbocycles. The second kappa shape index (κ2) is 11.3. The molecule has 9 heteroatoms. The first-order chi connectivity index (χ1) is 15.9. The van der Waals surface area contributed by atoms with Gasteiger partial charge in [0.05, 0.1) is 18.1 Å². The van der Waals surface area contributed by atoms with Gasteiger partial charge >= 0.3 is 0 Å². The first-order valence-corrected chi connectivity index (χ1v) is 11.9. The highest BCUT2D eigenvalue weighted by Crippen LogP contribution is 2.20. The second-order valence-electron chi connectivity index (χ2n) is 6.98. The third-order valence-corrected chi connectivity index (χ3v) is 5.94. The van der Waals surface area contributed by atoms with E-state index < -0.39 is 15.8 Å². The summed E-state index contributed by atoms with van der Waals surface area (Å²) in [6.07, 6.45) is 0.485. The van der Waals surface area contributed by atoms with Crippen molar-refractivity contribution in [3.63, 3.8) is 0 Å². The molecule has 0 heterocycles. The van der Waals surface area contributed by atoms with E-state index in [0.717, 1.165) is 0 Å². The Morgan fingerprint density at radius 1 is 0.939 bits per heavy atom. The Kier molecular flexibility index (Phi) is 8.26. The van der Waals surface area contributed by atoms with Gasteiger partial charge in [0.1, 0.15) is 5.75 Å². The minimum absolute atomic E-state index is 0.0335. The molecule has 0 aliphatic rings. The number of rotatable bonds is 11. The number of hydrogen-bond acceptors (Lipinski definition) is 5. The highest BCUT2D eigenvalue weighted by Gasteiger charge is 2.15. The normalized spacial score (nSPS) is 11.0. The molecule has 0 unspecified atom stereocenters. The molecule has 3 aromatic rings. The lowest BCUT2D eigenvalue weighted by Gasteiger charge is -2.10. The van der Waals surface area contributed by atoms with Crippen LogP contribution in [0, 0.1) is 5.82 Å². The van der Waals surface area contributed by atoms with Crippen LogP contribution in [0.1, 0.15) is 23.7 Å². The Balaban J connectivity index is 1.49. The maximum Gasteiger partial charge on any atom is 0.261 e. The molecule has 0 bridgehead atoms. The Labute approximate surface area is 192 Å². The molecule has 7 nitrogen and oxygen atoms in total. The molecule has 0 atom stereocenters. The first kappa shape index (κ1) is 24.1. The molecule has 3 rings (SSSR count). The van der Waals surface area contributed by atoms with E-state index in [0.29, 0.717) is 36.6 Å². The van der Waals surface area contributed by atoms with E-state index >= 15 is 0 Å². The van der Waals surface area contributed by atoms with E-state index in [2.05, 4.69) is 10.0 Å². The summed E-state index contributed by atoms with van der Waals surface area (Å²) in [6.45, 7) is 2.96. The fraction of sp³-hybridized carbons (Fsp3) is 0.208. The minimum atomic E-state index is -3.80. The molecule has 1 amide bonds. The van der Waals surface area contributed by atoms with Gasteiger partial charge in [-0.2, -0.15) is 0 Å². The Morgan fingerprint density at radius 3 is 2.30 bits per heavy atom. The van der Waals surface area contributed by atoms with Crippen molar-refractivity contribution in [2.75, 3.05) is 24.5 Å². The van der Waals surface area contributed by atoms with Crippen LogP contribution < -0.4 is 19.5 Å². The molecule has 0 aliphatic carbocycles. The van der Waals surface area contributed by atoms with Gasteiger partial charge in [0.25, 0.3) is 15.9 Å². The maximum absolute atomic E-state index is 13.5. The number of nitrogens with one attached hydrogen (secondary N) is 2. The van der Waals surface area contributed by atoms with Crippen molar-refractivity contribution in [1.29, 1.82) is 0 Å². The Bertz CT molecular complexity index is 1170. The molecule has 2 N–H and O–H groups in total. The van der Waals surface area contributed by atoms with Gasteiger partial charge in [0.15, 0.2) is 11.6 Å². The summed E-state index contributed by atoms with van der Waals surface area (Å²) in [5.74, 6) is 0.0342. The van der Waals surface area contributed by atoms with Crippen LogP contribution in [0.15, 0.2) is 77.7 Å². The van der Waals surface area contributed by atoms with Crippen molar-refractivity contribution in [3.8, 4) is 11.5 Å². The van der Waals surface area contributed by atoms with E-state index in [-0.39, 0.29) is 23.2 Å². The quantitative estimate of drug-likeness (QED) is 0.408. The summed E-state index contributed by atoms with van der Waals surface area (Å²) < 4.78 is 51.8. The average molecular weight is 473 g/mol. The summed E-state index contributed by atoms with van der Waals surface area (Å²) in [5, 5.41) is 2.72. The monoisotopic (exact) mass is 472 g/mol. The second-order valence-corrected chi connectivity index (χ2v) is 8.66. The molecule has 174 valence electrons. The third-order valence-electron chi connectivity index (χ3n) is 4.55. The van der Waals surface area contributed by atoms with E-state index in [4.69, 9.17) is 9.47 Å². The minimum Gasteiger partial charge on any atom is -0.494 e. The van der Waals surface area contributed by atoms with Gasteiger partial charge in [0.2, 0.25) is 0 Å². The molecule has 0 saturated heterocycles. The summed E-state index contributed by atoms with van der Waals surface area (Å²) >= 11 is 0. The van der Waals surface area contributed by atoms with Crippen LogP contribution in [0.3, 0.4) is 0 Å². The molecule has 0 fully saturated rings. The fourth-order valence-corrected chi connectivity index (χ4v) is 3.96. The van der Waals surface area contributed by atoms with Crippen LogP contribution in [-0.2, 0) is 10.0 Å². The lowest BCUT2D eigenvalue weighted by atomic mass is 10.2. The topological polar surface area (TPSA) is 93.7 Å². The standard InChI is InChI=1S/C24H25FN2O5S/c1-2-31-20-12-10-19(11-13-20)27-33(29,30)21-14-8-18(9-15-21)24(28)26-16-5-17-32-23-7-4-3-6-22(23)25/h3-4,6-15,27H,2,5,16-17H2,1H3,(H,26,28). The number of sulfonamides is 1. The summed E-state index contributed by atoms with van der Waals surface area (Å²) in [7, 11) is -3.80. The Morgan fingerprint density at radius 2 is 1.64 bits per heavy atom. The molecule has 0 radical (unpaired) electrons. The van der Waals surface area contributed by atoms with Gasteiger partial charge in [-0.1, -0.05) is 12.1 Å². The van der Waals surface area contributed by atoms with Crippen LogP contribution in [-0.4, -0.2) is 34.1 Å². The number of anilines is 1. The third kappa shape index (κ3) is 6.95. The molecule has 0 saturated carbocycles. The molecule has 0 aliphatic heterocycles. The lowest BCUT2D eigenvalue weighted by molar-refractivity contribution is 0.0951. The SMILES string of the molecule is CCOc1ccc(NS(=O)(=O)c2ccc(C(=O)NCCCOc3ccccc3F)cc2)cc1. The van der Waals surface area contributed by atoms with Gasteiger partial charge in [-0.15, -0.1) is 0 Å². The van der Waals surface area contributed by atoms with E-state index in [9.17, 15) is 17.6 Å². The molecular weight excluding hydrogens is 447 g/mol. The summed E-state index contributed by atoms with van der Waals surface area (Å²) in [6, 6.07) is 18.3. The van der Waals surface area contributed by atoms with E-state index in [1.54, 1.807) is 36.4 Å². The number of hydrogen-bond donors (Lipinski definition) is 2. The molecule has 33 heavy (non-hydrogen) atoms. The van der Waals surface area contributed by atoms with Gasteiger partial charge in [-0.05, 0) is 74.0 Å². The van der Waals surface area contributed by atoms with Crippen molar-refractivity contribution in [2.24, 2.45) is 0 Å². The molecule has 0 aromatic heterocycles. The number of carbonyl (C=O) groups excluding carboxylic acids is 1. The van der Waals surface area contributed by atoms with E-state index in [1.165, 1.54) is 36.4 Å². The predicted molar refractivity (Wildman–Crippen MR) is 124 cm³/mol. The lowest BCUT2D eigenvalue weighted by Crippen LogP contribution is -2.25. The van der Waals surface area contributed by atoms with Crippen LogP contribution in [0.5, 0.6) is 11.5 Å². The first-order valence-electron chi connectivity index (χ1n) is 10.4. The molecular formula is C24H25FN2O5S. The Hall–Kier alpha value is -3.59. The fourth-order valence-electron chi connectivity index (χ4n) is 2.91. The number of benzene rings is 3. The van der Waals surface area contributed by atoms with Crippen molar-refractivity contribution >= 4 is 21.6 Å². The summed E-state index contributed by atoms with van der Waals surface area (Å²) in [4.78, 5) is 12.3. The highest BCUT2D eigenvalue weighted by molar-refractivity contribution is 7.92. The number of para-hydroxylation sites is 1. The zero-order chi connectivity index (χ0) is 23.7. The highest BCUT2D eigenvalue weighted by atomic mass is 32.2. The van der Waals surface area contributed by atoms with Gasteiger partial charge < -0.3 is 14.8 Å². The molecule has 0 spiro atoms. The number of halogens is 1. The maximum atomic E-state index is 13.5. The van der Waals surface area contributed by atoms with Gasteiger partial charge in [-0.25, -0.2) is 12.8 Å². The largest absolute Gasteiger partial charge is 0.494 e. The van der Waals surface area contributed by atoms with Crippen LogP contribution in [0.4, 0.5) is 10.1 Å². The summed E-state index contributed by atoms with van der Waals surface area (Å²) in [5.41, 5.74) is 0.725. The van der Waals surface area contributed by atoms with Gasteiger partial charge in [0, 0.05) is 17.8 Å². The smallest absolute Gasteiger partial charge is 0.261 e. The van der Waals surface area contributed by atoms with Crippen molar-refractivity contribution in [3.05, 3.63) is 84.2 Å². The number of carbonyl (C=O) groups is 1. The number of amides is 1. The van der Waals surface area contributed by atoms with E-state index in [1.807, 2.05) is 6.92 Å². The van der Waals surface area contributed by atoms with Crippen LogP contribution in [0.25, 0.3) is 0 Å². The van der Waals surface area contributed by atoms with Crippen molar-refractivity contribution in [1.82, 2.24) is 5.32 Å². The van der Waals surface area contributed by atoms with Crippen LogP contribution in [0.2, 0.25) is 0 Å². The van der Waals surface area contributed by atoms with Crippen molar-refractivity contribution in [2.45, 2.75) is 18.2 Å². The zero-order valence-electron chi connectivity index (χ0n) is 18.1. The predicted octanol–water partition coefficient (Wildman–Crippen LogP) is 4.22. The van der Waals surface area contributed by atoms with Gasteiger partial charge in [-0.3, -0.25) is 9.52 Å². The average Bonchev–Trinajstić information content (AvgIpc) is 2.81.